The molecule has 0 radical (unpaired) electrons. The van der Waals surface area contributed by atoms with Gasteiger partial charge in [-0.15, -0.1) is 11.3 Å². The summed E-state index contributed by atoms with van der Waals surface area (Å²) >= 11 is 1.68. The molecule has 0 atom stereocenters. The summed E-state index contributed by atoms with van der Waals surface area (Å²) in [6, 6.07) is 15.1. The first-order valence-electron chi connectivity index (χ1n) is 8.40. The summed E-state index contributed by atoms with van der Waals surface area (Å²) in [6.07, 6.45) is 0. The van der Waals surface area contributed by atoms with Crippen molar-refractivity contribution < 1.29 is 14.9 Å². The van der Waals surface area contributed by atoms with Gasteiger partial charge in [-0.25, -0.2) is 0 Å². The third-order valence-corrected chi connectivity index (χ3v) is 5.87. The van der Waals surface area contributed by atoms with Gasteiger partial charge in [0, 0.05) is 21.6 Å². The molecule has 128 valence electrons. The smallest absolute Gasteiger partial charge is 0.136 e. The molecule has 0 spiro atoms. The number of rotatable bonds is 1. The third-order valence-electron chi connectivity index (χ3n) is 4.81. The maximum atomic E-state index is 10.0. The molecular weight excluding hydrogens is 344 g/mol. The second kappa shape index (κ2) is 5.51. The van der Waals surface area contributed by atoms with E-state index in [1.165, 1.54) is 5.56 Å². The van der Waals surface area contributed by atoms with E-state index in [0.29, 0.717) is 6.61 Å². The fourth-order valence-corrected chi connectivity index (χ4v) is 4.59. The van der Waals surface area contributed by atoms with E-state index < -0.39 is 0 Å². The lowest BCUT2D eigenvalue weighted by atomic mass is 9.90. The zero-order chi connectivity index (χ0) is 17.8. The Hall–Kier alpha value is -2.98. The van der Waals surface area contributed by atoms with Crippen LogP contribution in [-0.4, -0.2) is 10.2 Å². The van der Waals surface area contributed by atoms with Gasteiger partial charge in [-0.05, 0) is 70.6 Å². The van der Waals surface area contributed by atoms with Gasteiger partial charge in [0.1, 0.15) is 23.9 Å². The first-order chi connectivity index (χ1) is 12.6. The summed E-state index contributed by atoms with van der Waals surface area (Å²) < 4.78 is 6.16. The van der Waals surface area contributed by atoms with Crippen LogP contribution in [0.15, 0.2) is 53.9 Å². The van der Waals surface area contributed by atoms with Gasteiger partial charge in [0.05, 0.1) is 0 Å². The van der Waals surface area contributed by atoms with Gasteiger partial charge >= 0.3 is 0 Å². The molecule has 0 saturated carbocycles. The van der Waals surface area contributed by atoms with Crippen LogP contribution in [0.1, 0.15) is 11.1 Å². The number of thiophene rings is 1. The molecule has 0 saturated heterocycles. The van der Waals surface area contributed by atoms with Crippen LogP contribution in [0.25, 0.3) is 32.3 Å². The highest BCUT2D eigenvalue weighted by Gasteiger charge is 2.24. The second-order valence-electron chi connectivity index (χ2n) is 6.65. The van der Waals surface area contributed by atoms with E-state index in [4.69, 9.17) is 4.74 Å². The van der Waals surface area contributed by atoms with Crippen molar-refractivity contribution >= 4 is 22.1 Å². The van der Waals surface area contributed by atoms with Crippen LogP contribution in [0, 0.1) is 6.92 Å². The highest BCUT2D eigenvalue weighted by molar-refractivity contribution is 7.13. The van der Waals surface area contributed by atoms with Crippen molar-refractivity contribution in [2.45, 2.75) is 13.5 Å². The van der Waals surface area contributed by atoms with E-state index in [1.54, 1.807) is 35.6 Å². The van der Waals surface area contributed by atoms with Crippen molar-refractivity contribution in [3.05, 3.63) is 65.0 Å². The predicted octanol–water partition coefficient (Wildman–Crippen LogP) is 5.85. The van der Waals surface area contributed by atoms with Crippen LogP contribution < -0.4 is 4.74 Å². The van der Waals surface area contributed by atoms with Gasteiger partial charge in [0.25, 0.3) is 0 Å². The second-order valence-corrected chi connectivity index (χ2v) is 7.56. The van der Waals surface area contributed by atoms with Gasteiger partial charge in [0.2, 0.25) is 0 Å². The molecule has 0 bridgehead atoms. The molecule has 0 fully saturated rings. The normalized spacial score (nSPS) is 12.5. The summed E-state index contributed by atoms with van der Waals surface area (Å²) in [5, 5.41) is 24.0. The quantitative estimate of drug-likeness (QED) is 0.448. The molecule has 1 aromatic heterocycles. The minimum absolute atomic E-state index is 0.244. The monoisotopic (exact) mass is 360 g/mol. The van der Waals surface area contributed by atoms with Gasteiger partial charge in [0.15, 0.2) is 0 Å². The maximum Gasteiger partial charge on any atom is 0.136 e. The van der Waals surface area contributed by atoms with Crippen molar-refractivity contribution in [2.75, 3.05) is 0 Å². The van der Waals surface area contributed by atoms with E-state index in [2.05, 4.69) is 24.4 Å². The lowest BCUT2D eigenvalue weighted by Crippen LogP contribution is -2.06. The van der Waals surface area contributed by atoms with Crippen LogP contribution in [0.3, 0.4) is 0 Å². The highest BCUT2D eigenvalue weighted by Crippen LogP contribution is 2.49. The number of hydrogen-bond donors (Lipinski definition) is 2. The van der Waals surface area contributed by atoms with Gasteiger partial charge < -0.3 is 14.9 Å². The minimum Gasteiger partial charge on any atom is -0.508 e. The molecule has 2 N–H and O–H groups in total. The van der Waals surface area contributed by atoms with Crippen molar-refractivity contribution in [1.82, 2.24) is 0 Å². The summed E-state index contributed by atoms with van der Waals surface area (Å²) in [7, 11) is 0. The first kappa shape index (κ1) is 15.3. The Morgan fingerprint density at radius 1 is 0.923 bits per heavy atom. The topological polar surface area (TPSA) is 49.7 Å². The van der Waals surface area contributed by atoms with Gasteiger partial charge in [-0.2, -0.15) is 0 Å². The number of ether oxygens (including phenoxy) is 1. The van der Waals surface area contributed by atoms with Gasteiger partial charge in [-0.1, -0.05) is 12.1 Å². The number of hydrogen-bond acceptors (Lipinski definition) is 4. The Kier molecular flexibility index (Phi) is 3.24. The Bertz CT molecular complexity index is 1170. The molecule has 0 unspecified atom stereocenters. The van der Waals surface area contributed by atoms with E-state index in [9.17, 15) is 10.2 Å². The third kappa shape index (κ3) is 2.26. The average Bonchev–Trinajstić information content (AvgIpc) is 3.05. The fourth-order valence-electron chi connectivity index (χ4n) is 3.63. The molecule has 1 aliphatic rings. The Morgan fingerprint density at radius 3 is 2.54 bits per heavy atom. The summed E-state index contributed by atoms with van der Waals surface area (Å²) in [5.41, 5.74) is 5.30. The predicted molar refractivity (Wildman–Crippen MR) is 105 cm³/mol. The van der Waals surface area contributed by atoms with Crippen LogP contribution >= 0.6 is 11.3 Å². The van der Waals surface area contributed by atoms with E-state index in [0.717, 1.165) is 43.7 Å². The molecule has 1 aliphatic heterocycles. The average molecular weight is 360 g/mol. The van der Waals surface area contributed by atoms with E-state index in [1.807, 2.05) is 12.1 Å². The van der Waals surface area contributed by atoms with Crippen LogP contribution in [-0.2, 0) is 6.61 Å². The molecule has 2 heterocycles. The fraction of sp³-hybridized carbons (Fsp3) is 0.0909. The zero-order valence-corrected chi connectivity index (χ0v) is 14.9. The molecule has 26 heavy (non-hydrogen) atoms. The lowest BCUT2D eigenvalue weighted by Gasteiger charge is -2.24. The van der Waals surface area contributed by atoms with E-state index >= 15 is 0 Å². The number of phenolic OH excluding ortho intramolecular Hbond substituents is 2. The van der Waals surface area contributed by atoms with Crippen molar-refractivity contribution in [3.63, 3.8) is 0 Å². The van der Waals surface area contributed by atoms with Crippen molar-refractivity contribution in [2.24, 2.45) is 0 Å². The molecule has 4 heteroatoms. The molecular formula is C22H16O3S. The minimum atomic E-state index is 0.244. The number of phenols is 2. The number of benzene rings is 3. The van der Waals surface area contributed by atoms with Gasteiger partial charge in [-0.3, -0.25) is 0 Å². The molecule has 3 nitrogen and oxygen atoms in total. The Morgan fingerprint density at radius 2 is 1.73 bits per heavy atom. The van der Waals surface area contributed by atoms with Crippen LogP contribution in [0.4, 0.5) is 0 Å². The van der Waals surface area contributed by atoms with Crippen LogP contribution in [0.5, 0.6) is 17.2 Å². The van der Waals surface area contributed by atoms with Crippen LogP contribution in [0.2, 0.25) is 0 Å². The number of fused-ring (bicyclic) bond motifs is 4. The number of aryl methyl sites for hydroxylation is 1. The molecule has 5 rings (SSSR count). The molecule has 4 aromatic rings. The zero-order valence-electron chi connectivity index (χ0n) is 14.1. The van der Waals surface area contributed by atoms with E-state index in [-0.39, 0.29) is 11.5 Å². The largest absolute Gasteiger partial charge is 0.508 e. The van der Waals surface area contributed by atoms with Crippen molar-refractivity contribution in [3.8, 4) is 38.8 Å². The molecule has 0 aliphatic carbocycles. The summed E-state index contributed by atoms with van der Waals surface area (Å²) in [6.45, 7) is 2.49. The summed E-state index contributed by atoms with van der Waals surface area (Å²) in [4.78, 5) is 1.12. The Balaban J connectivity index is 1.90. The highest BCUT2D eigenvalue weighted by atomic mass is 32.1. The lowest BCUT2D eigenvalue weighted by molar-refractivity contribution is 0.303. The standard InChI is InChI=1S/C22H16O3S/c1-12-6-20(26-11-12)21-18-9-16(24)3-2-13(18)8-19-17-5-4-15(23)7-14(17)10-25-22(19)21/h2-9,11,23-24H,10H2,1H3. The van der Waals surface area contributed by atoms with Crippen molar-refractivity contribution in [1.29, 1.82) is 0 Å². The molecule has 0 amide bonds. The maximum absolute atomic E-state index is 10.0. The number of aromatic hydroxyl groups is 2. The SMILES string of the molecule is Cc1csc(-c2c3c(cc4ccc(O)cc24)-c2ccc(O)cc2CO3)c1. The molecule has 3 aromatic carbocycles. The Labute approximate surface area is 154 Å². The summed E-state index contributed by atoms with van der Waals surface area (Å²) in [5.74, 6) is 1.33. The first-order valence-corrected chi connectivity index (χ1v) is 9.28.